The summed E-state index contributed by atoms with van der Waals surface area (Å²) in [4.78, 5) is 12.2. The lowest BCUT2D eigenvalue weighted by Crippen LogP contribution is -2.28. The highest BCUT2D eigenvalue weighted by atomic mass is 32.1. The van der Waals surface area contributed by atoms with Crippen LogP contribution in [0.3, 0.4) is 0 Å². The van der Waals surface area contributed by atoms with Gasteiger partial charge in [0.15, 0.2) is 0 Å². The molecule has 1 amide bonds. The van der Waals surface area contributed by atoms with Crippen molar-refractivity contribution in [3.63, 3.8) is 0 Å². The third kappa shape index (κ3) is 2.55. The third-order valence-electron chi connectivity index (χ3n) is 3.59. The molecule has 0 spiro atoms. The van der Waals surface area contributed by atoms with Crippen LogP contribution in [0.15, 0.2) is 35.7 Å². The van der Waals surface area contributed by atoms with Crippen molar-refractivity contribution in [2.45, 2.75) is 18.9 Å². The predicted molar refractivity (Wildman–Crippen MR) is 77.4 cm³/mol. The van der Waals surface area contributed by atoms with Crippen molar-refractivity contribution in [3.8, 4) is 0 Å². The first-order valence-electron chi connectivity index (χ1n) is 6.40. The maximum atomic E-state index is 11.0. The van der Waals surface area contributed by atoms with Gasteiger partial charge in [0.2, 0.25) is 5.91 Å². The zero-order valence-electron chi connectivity index (χ0n) is 10.6. The molecule has 3 nitrogen and oxygen atoms in total. The molecule has 0 saturated carbocycles. The molecule has 0 fully saturated rings. The summed E-state index contributed by atoms with van der Waals surface area (Å²) in [6.07, 6.45) is 1.17. The number of hydrogen-bond acceptors (Lipinski definition) is 3. The van der Waals surface area contributed by atoms with E-state index in [9.17, 15) is 4.79 Å². The number of thiophene rings is 1. The van der Waals surface area contributed by atoms with Crippen LogP contribution in [0.2, 0.25) is 0 Å². The van der Waals surface area contributed by atoms with Gasteiger partial charge in [-0.1, -0.05) is 24.3 Å². The van der Waals surface area contributed by atoms with Crippen LogP contribution in [0.5, 0.6) is 0 Å². The summed E-state index contributed by atoms with van der Waals surface area (Å²) >= 11 is 1.58. The molecule has 3 rings (SSSR count). The maximum Gasteiger partial charge on any atom is 0.249 e. The molecule has 1 aromatic carbocycles. The second kappa shape index (κ2) is 5.15. The van der Waals surface area contributed by atoms with E-state index in [2.05, 4.69) is 29.6 Å². The Labute approximate surface area is 116 Å². The monoisotopic (exact) mass is 272 g/mol. The molecule has 3 N–H and O–H groups in total. The van der Waals surface area contributed by atoms with Crippen molar-refractivity contribution in [1.29, 1.82) is 0 Å². The van der Waals surface area contributed by atoms with Crippen LogP contribution in [0.25, 0.3) is 0 Å². The molecule has 1 unspecified atom stereocenters. The lowest BCUT2D eigenvalue weighted by atomic mass is 9.77. The number of fused-ring (bicyclic) bond motifs is 1. The molecular formula is C15H16N2OS. The topological polar surface area (TPSA) is 55.1 Å². The number of primary amides is 1. The molecule has 0 radical (unpaired) electrons. The van der Waals surface area contributed by atoms with E-state index < -0.39 is 0 Å². The molecule has 1 aliphatic carbocycles. The van der Waals surface area contributed by atoms with Crippen LogP contribution < -0.4 is 11.1 Å². The van der Waals surface area contributed by atoms with Crippen molar-refractivity contribution < 1.29 is 4.79 Å². The van der Waals surface area contributed by atoms with E-state index in [1.54, 1.807) is 11.3 Å². The van der Waals surface area contributed by atoms with Crippen molar-refractivity contribution in [1.82, 2.24) is 5.32 Å². The highest BCUT2D eigenvalue weighted by Crippen LogP contribution is 2.34. The largest absolute Gasteiger partial charge is 0.366 e. The van der Waals surface area contributed by atoms with Gasteiger partial charge in [-0.3, -0.25) is 4.79 Å². The summed E-state index contributed by atoms with van der Waals surface area (Å²) in [7, 11) is 0. The van der Waals surface area contributed by atoms with Crippen LogP contribution >= 0.6 is 11.3 Å². The summed E-state index contributed by atoms with van der Waals surface area (Å²) in [5.41, 5.74) is 8.79. The average Bonchev–Trinajstić information content (AvgIpc) is 2.84. The van der Waals surface area contributed by atoms with Gasteiger partial charge < -0.3 is 11.1 Å². The summed E-state index contributed by atoms with van der Waals surface area (Å²) in [5.74, 6) is 0.280. The highest BCUT2D eigenvalue weighted by molar-refractivity contribution is 7.10. The Hall–Kier alpha value is -1.65. The zero-order chi connectivity index (χ0) is 13.2. The number of benzene rings is 1. The molecule has 0 saturated heterocycles. The fourth-order valence-electron chi connectivity index (χ4n) is 2.52. The van der Waals surface area contributed by atoms with Gasteiger partial charge in [0.05, 0.1) is 5.56 Å². The fourth-order valence-corrected chi connectivity index (χ4v) is 3.36. The van der Waals surface area contributed by atoms with E-state index in [-0.39, 0.29) is 5.91 Å². The normalized spacial score (nSPS) is 16.7. The second-order valence-electron chi connectivity index (χ2n) is 4.90. The number of nitrogens with two attached hydrogens (primary N) is 1. The van der Waals surface area contributed by atoms with Crippen LogP contribution in [-0.4, -0.2) is 12.5 Å². The van der Waals surface area contributed by atoms with E-state index in [1.165, 1.54) is 17.5 Å². The predicted octanol–water partition coefficient (Wildman–Crippen LogP) is 2.28. The van der Waals surface area contributed by atoms with Crippen LogP contribution in [0, 0.1) is 0 Å². The number of hydrogen-bond donors (Lipinski definition) is 2. The van der Waals surface area contributed by atoms with Gasteiger partial charge in [-0.2, -0.15) is 0 Å². The first-order chi connectivity index (χ1) is 9.24. The maximum absolute atomic E-state index is 11.0. The molecule has 0 aliphatic heterocycles. The lowest BCUT2D eigenvalue weighted by molar-refractivity contribution is 0.100. The average molecular weight is 272 g/mol. The standard InChI is InChI=1S/C15H16N2OS/c16-15(18)12-6-13(19-9-12)8-17-7-11-5-10-3-1-2-4-14(10)11/h1-4,6,9,11,17H,5,7-8H2,(H2,16,18). The van der Waals surface area contributed by atoms with Gasteiger partial charge in [-0.15, -0.1) is 11.3 Å². The van der Waals surface area contributed by atoms with E-state index >= 15 is 0 Å². The van der Waals surface area contributed by atoms with Crippen molar-refractivity contribution in [2.24, 2.45) is 5.73 Å². The molecular weight excluding hydrogens is 256 g/mol. The second-order valence-corrected chi connectivity index (χ2v) is 5.89. The molecule has 1 aromatic heterocycles. The van der Waals surface area contributed by atoms with Crippen LogP contribution in [0.4, 0.5) is 0 Å². The first-order valence-corrected chi connectivity index (χ1v) is 7.28. The van der Waals surface area contributed by atoms with Crippen molar-refractivity contribution >= 4 is 17.2 Å². The van der Waals surface area contributed by atoms with Crippen molar-refractivity contribution in [2.75, 3.05) is 6.54 Å². The summed E-state index contributed by atoms with van der Waals surface area (Å²) in [6.45, 7) is 1.79. The highest BCUT2D eigenvalue weighted by Gasteiger charge is 2.24. The molecule has 1 atom stereocenters. The molecule has 0 bridgehead atoms. The summed E-state index contributed by atoms with van der Waals surface area (Å²) in [6, 6.07) is 10.5. The van der Waals surface area contributed by atoms with Gasteiger partial charge in [0.1, 0.15) is 0 Å². The smallest absolute Gasteiger partial charge is 0.249 e. The molecule has 4 heteroatoms. The quantitative estimate of drug-likeness (QED) is 0.877. The Morgan fingerprint density at radius 1 is 1.42 bits per heavy atom. The Kier molecular flexibility index (Phi) is 3.36. The van der Waals surface area contributed by atoms with Gasteiger partial charge in [-0.05, 0) is 23.6 Å². The van der Waals surface area contributed by atoms with Gasteiger partial charge in [0, 0.05) is 29.3 Å². The molecule has 2 aromatic rings. The van der Waals surface area contributed by atoms with Gasteiger partial charge >= 0.3 is 0 Å². The number of nitrogens with one attached hydrogen (secondary N) is 1. The van der Waals surface area contributed by atoms with Crippen LogP contribution in [0.1, 0.15) is 32.3 Å². The Morgan fingerprint density at radius 2 is 2.26 bits per heavy atom. The molecule has 98 valence electrons. The molecule has 19 heavy (non-hydrogen) atoms. The van der Waals surface area contributed by atoms with E-state index in [1.807, 2.05) is 11.4 Å². The van der Waals surface area contributed by atoms with Gasteiger partial charge in [-0.25, -0.2) is 0 Å². The minimum absolute atomic E-state index is 0.351. The van der Waals surface area contributed by atoms with E-state index in [0.29, 0.717) is 11.5 Å². The van der Waals surface area contributed by atoms with E-state index in [0.717, 1.165) is 18.0 Å². The minimum atomic E-state index is -0.351. The van der Waals surface area contributed by atoms with Crippen molar-refractivity contribution in [3.05, 3.63) is 57.3 Å². The molecule has 1 aliphatic rings. The Balaban J connectivity index is 1.50. The molecule has 1 heterocycles. The number of carbonyl (C=O) groups is 1. The summed E-state index contributed by atoms with van der Waals surface area (Å²) < 4.78 is 0. The Bertz CT molecular complexity index is 606. The summed E-state index contributed by atoms with van der Waals surface area (Å²) in [5, 5.41) is 5.27. The van der Waals surface area contributed by atoms with Crippen LogP contribution in [-0.2, 0) is 13.0 Å². The Morgan fingerprint density at radius 3 is 3.00 bits per heavy atom. The minimum Gasteiger partial charge on any atom is -0.366 e. The van der Waals surface area contributed by atoms with E-state index in [4.69, 9.17) is 5.73 Å². The van der Waals surface area contributed by atoms with Gasteiger partial charge in [0.25, 0.3) is 0 Å². The first kappa shape index (κ1) is 12.4. The number of rotatable bonds is 5. The fraction of sp³-hybridized carbons (Fsp3) is 0.267. The number of amides is 1. The zero-order valence-corrected chi connectivity index (χ0v) is 11.4. The number of carbonyl (C=O) groups excluding carboxylic acids is 1. The third-order valence-corrected chi connectivity index (χ3v) is 4.53. The lowest BCUT2D eigenvalue weighted by Gasteiger charge is -2.30. The SMILES string of the molecule is NC(=O)c1csc(CNCC2Cc3ccccc32)c1.